The lowest BCUT2D eigenvalue weighted by Crippen LogP contribution is -2.19. The van der Waals surface area contributed by atoms with Crippen LogP contribution in [0.15, 0.2) is 54.6 Å². The Morgan fingerprint density at radius 1 is 0.905 bits per heavy atom. The van der Waals surface area contributed by atoms with Gasteiger partial charge in [-0.3, -0.25) is 0 Å². The average Bonchev–Trinajstić information content (AvgIpc) is 2.55. The van der Waals surface area contributed by atoms with Gasteiger partial charge in [0.1, 0.15) is 18.1 Å². The summed E-state index contributed by atoms with van der Waals surface area (Å²) in [7, 11) is 1.64. The van der Waals surface area contributed by atoms with Crippen LogP contribution in [0.5, 0.6) is 11.5 Å². The highest BCUT2D eigenvalue weighted by Gasteiger charge is 2.06. The minimum Gasteiger partial charge on any atom is -0.497 e. The quantitative estimate of drug-likeness (QED) is 0.759. The molecule has 4 nitrogen and oxygen atoms in total. The highest BCUT2D eigenvalue weighted by molar-refractivity contribution is 5.28. The molecule has 0 heterocycles. The molecule has 112 valence electrons. The molecule has 0 amide bonds. The fourth-order valence-electron chi connectivity index (χ4n) is 1.89. The van der Waals surface area contributed by atoms with Crippen molar-refractivity contribution in [1.29, 1.82) is 0 Å². The zero-order valence-corrected chi connectivity index (χ0v) is 12.2. The molecule has 2 aromatic carbocycles. The molecule has 0 bridgehead atoms. The number of methoxy groups -OCH3 is 1. The molecule has 4 heteroatoms. The van der Waals surface area contributed by atoms with Crippen molar-refractivity contribution in [2.24, 2.45) is 5.73 Å². The van der Waals surface area contributed by atoms with Gasteiger partial charge >= 0.3 is 0 Å². The minimum absolute atomic E-state index is 0.146. The average molecular weight is 287 g/mol. The van der Waals surface area contributed by atoms with Gasteiger partial charge in [-0.05, 0) is 29.8 Å². The first-order valence-electron chi connectivity index (χ1n) is 6.94. The molecule has 2 aromatic rings. The highest BCUT2D eigenvalue weighted by atomic mass is 16.5. The van der Waals surface area contributed by atoms with Crippen LogP contribution in [0.1, 0.15) is 11.6 Å². The van der Waals surface area contributed by atoms with E-state index >= 15 is 0 Å². The molecule has 0 aromatic heterocycles. The fourth-order valence-corrected chi connectivity index (χ4v) is 1.89. The summed E-state index contributed by atoms with van der Waals surface area (Å²) in [5, 5.41) is 0. The Balaban J connectivity index is 1.65. The van der Waals surface area contributed by atoms with Gasteiger partial charge in [0.15, 0.2) is 0 Å². The molecule has 2 rings (SSSR count). The second-order valence-corrected chi connectivity index (χ2v) is 4.62. The van der Waals surface area contributed by atoms with Crippen LogP contribution in [0, 0.1) is 0 Å². The Hall–Kier alpha value is -2.04. The molecule has 0 aliphatic rings. The van der Waals surface area contributed by atoms with Gasteiger partial charge in [-0.15, -0.1) is 0 Å². The first-order chi connectivity index (χ1) is 10.3. The molecule has 1 unspecified atom stereocenters. The predicted molar refractivity (Wildman–Crippen MR) is 82.7 cm³/mol. The maximum absolute atomic E-state index is 6.07. The standard InChI is InChI=1S/C17H21NO3/c1-19-15-9-7-14(8-10-15)17(18)13-20-11-12-21-16-5-3-2-4-6-16/h2-10,17H,11-13,18H2,1H3. The van der Waals surface area contributed by atoms with Crippen molar-refractivity contribution in [1.82, 2.24) is 0 Å². The number of hydrogen-bond acceptors (Lipinski definition) is 4. The molecule has 0 radical (unpaired) electrons. The van der Waals surface area contributed by atoms with Gasteiger partial charge < -0.3 is 19.9 Å². The van der Waals surface area contributed by atoms with Crippen molar-refractivity contribution >= 4 is 0 Å². The zero-order valence-electron chi connectivity index (χ0n) is 12.2. The lowest BCUT2D eigenvalue weighted by Gasteiger charge is -2.13. The summed E-state index contributed by atoms with van der Waals surface area (Å²) >= 11 is 0. The van der Waals surface area contributed by atoms with Crippen LogP contribution in [0.2, 0.25) is 0 Å². The molecular formula is C17H21NO3. The van der Waals surface area contributed by atoms with E-state index in [0.29, 0.717) is 19.8 Å². The third-order valence-corrected chi connectivity index (χ3v) is 3.08. The van der Waals surface area contributed by atoms with E-state index < -0.39 is 0 Å². The molecular weight excluding hydrogens is 266 g/mol. The van der Waals surface area contributed by atoms with Crippen molar-refractivity contribution in [3.8, 4) is 11.5 Å². The van der Waals surface area contributed by atoms with Crippen LogP contribution in [0.25, 0.3) is 0 Å². The summed E-state index contributed by atoms with van der Waals surface area (Å²) in [6, 6.07) is 17.2. The van der Waals surface area contributed by atoms with Crippen molar-refractivity contribution in [2.45, 2.75) is 6.04 Å². The second kappa shape index (κ2) is 8.29. The lowest BCUT2D eigenvalue weighted by atomic mass is 10.1. The van der Waals surface area contributed by atoms with E-state index in [0.717, 1.165) is 17.1 Å². The summed E-state index contributed by atoms with van der Waals surface area (Å²) in [5.74, 6) is 1.67. The third kappa shape index (κ3) is 5.10. The molecule has 2 N–H and O–H groups in total. The molecule has 0 saturated heterocycles. The Morgan fingerprint density at radius 2 is 1.62 bits per heavy atom. The van der Waals surface area contributed by atoms with Crippen LogP contribution in [-0.2, 0) is 4.74 Å². The molecule has 0 aliphatic carbocycles. The summed E-state index contributed by atoms with van der Waals surface area (Å²) < 4.78 is 16.2. The number of rotatable bonds is 8. The summed E-state index contributed by atoms with van der Waals surface area (Å²) in [6.07, 6.45) is 0. The van der Waals surface area contributed by atoms with Gasteiger partial charge in [-0.1, -0.05) is 30.3 Å². The Bertz CT molecular complexity index is 513. The summed E-state index contributed by atoms with van der Waals surface area (Å²) in [4.78, 5) is 0. The smallest absolute Gasteiger partial charge is 0.119 e. The largest absolute Gasteiger partial charge is 0.497 e. The number of nitrogens with two attached hydrogens (primary N) is 1. The fraction of sp³-hybridized carbons (Fsp3) is 0.294. The molecule has 0 saturated carbocycles. The van der Waals surface area contributed by atoms with Crippen LogP contribution < -0.4 is 15.2 Å². The molecule has 1 atom stereocenters. The van der Waals surface area contributed by atoms with Crippen molar-refractivity contribution in [3.63, 3.8) is 0 Å². The summed E-state index contributed by atoms with van der Waals surface area (Å²) in [5.41, 5.74) is 7.10. The number of hydrogen-bond donors (Lipinski definition) is 1. The van der Waals surface area contributed by atoms with E-state index in [1.54, 1.807) is 7.11 Å². The van der Waals surface area contributed by atoms with E-state index in [9.17, 15) is 0 Å². The minimum atomic E-state index is -0.146. The van der Waals surface area contributed by atoms with Crippen LogP contribution in [-0.4, -0.2) is 26.9 Å². The van der Waals surface area contributed by atoms with E-state index in [1.807, 2.05) is 54.6 Å². The topological polar surface area (TPSA) is 53.7 Å². The SMILES string of the molecule is COc1ccc(C(N)COCCOc2ccccc2)cc1. The lowest BCUT2D eigenvalue weighted by molar-refractivity contribution is 0.0903. The number of para-hydroxylation sites is 1. The van der Waals surface area contributed by atoms with E-state index in [-0.39, 0.29) is 6.04 Å². The normalized spacial score (nSPS) is 11.9. The first kappa shape index (κ1) is 15.4. The van der Waals surface area contributed by atoms with Gasteiger partial charge in [0, 0.05) is 0 Å². The molecule has 21 heavy (non-hydrogen) atoms. The van der Waals surface area contributed by atoms with E-state index in [2.05, 4.69) is 0 Å². The van der Waals surface area contributed by atoms with Gasteiger partial charge in [0.25, 0.3) is 0 Å². The zero-order chi connectivity index (χ0) is 14.9. The van der Waals surface area contributed by atoms with Crippen LogP contribution in [0.4, 0.5) is 0 Å². The van der Waals surface area contributed by atoms with Crippen molar-refractivity contribution < 1.29 is 14.2 Å². The Labute approximate surface area is 125 Å². The highest BCUT2D eigenvalue weighted by Crippen LogP contribution is 2.16. The van der Waals surface area contributed by atoms with Gasteiger partial charge in [-0.25, -0.2) is 0 Å². The van der Waals surface area contributed by atoms with Gasteiger partial charge in [-0.2, -0.15) is 0 Å². The predicted octanol–water partition coefficient (Wildman–Crippen LogP) is 2.79. The maximum atomic E-state index is 6.07. The maximum Gasteiger partial charge on any atom is 0.119 e. The monoisotopic (exact) mass is 287 g/mol. The molecule has 0 aliphatic heterocycles. The van der Waals surface area contributed by atoms with E-state index in [1.165, 1.54) is 0 Å². The van der Waals surface area contributed by atoms with Crippen LogP contribution >= 0.6 is 0 Å². The number of benzene rings is 2. The Morgan fingerprint density at radius 3 is 2.29 bits per heavy atom. The van der Waals surface area contributed by atoms with Gasteiger partial charge in [0.05, 0.1) is 26.4 Å². The van der Waals surface area contributed by atoms with Crippen molar-refractivity contribution in [3.05, 3.63) is 60.2 Å². The van der Waals surface area contributed by atoms with Crippen molar-refractivity contribution in [2.75, 3.05) is 26.9 Å². The second-order valence-electron chi connectivity index (χ2n) is 4.62. The van der Waals surface area contributed by atoms with E-state index in [4.69, 9.17) is 19.9 Å². The summed E-state index contributed by atoms with van der Waals surface area (Å²) in [6.45, 7) is 1.49. The van der Waals surface area contributed by atoms with Crippen LogP contribution in [0.3, 0.4) is 0 Å². The number of ether oxygens (including phenoxy) is 3. The first-order valence-corrected chi connectivity index (χ1v) is 6.94. The third-order valence-electron chi connectivity index (χ3n) is 3.08. The van der Waals surface area contributed by atoms with Gasteiger partial charge in [0.2, 0.25) is 0 Å². The molecule has 0 spiro atoms. The molecule has 0 fully saturated rings. The Kier molecular flexibility index (Phi) is 6.06.